The van der Waals surface area contributed by atoms with Crippen molar-refractivity contribution in [2.75, 3.05) is 19.6 Å². The van der Waals surface area contributed by atoms with Crippen LogP contribution in [0.25, 0.3) is 0 Å². The monoisotopic (exact) mass is 374 g/mol. The number of nitrogens with one attached hydrogen (secondary N) is 1. The molecule has 0 radical (unpaired) electrons. The Kier molecular flexibility index (Phi) is 6.01. The zero-order valence-corrected chi connectivity index (χ0v) is 14.7. The number of halogens is 2. The fraction of sp³-hybridized carbons (Fsp3) is 0.300. The van der Waals surface area contributed by atoms with Gasteiger partial charge in [-0.2, -0.15) is 0 Å². The second kappa shape index (κ2) is 8.62. The molecule has 0 aliphatic carbocycles. The van der Waals surface area contributed by atoms with E-state index in [4.69, 9.17) is 4.74 Å². The smallest absolute Gasteiger partial charge is 0.410 e. The molecule has 5 nitrogen and oxygen atoms in total. The van der Waals surface area contributed by atoms with Crippen molar-refractivity contribution >= 4 is 12.0 Å². The third-order valence-electron chi connectivity index (χ3n) is 4.56. The van der Waals surface area contributed by atoms with E-state index in [0.717, 1.165) is 12.1 Å². The van der Waals surface area contributed by atoms with Crippen molar-refractivity contribution < 1.29 is 23.1 Å². The first-order valence-electron chi connectivity index (χ1n) is 8.78. The molecule has 1 N–H and O–H groups in total. The molecule has 0 aromatic heterocycles. The summed E-state index contributed by atoms with van der Waals surface area (Å²) in [6.07, 6.45) is 0.936. The van der Waals surface area contributed by atoms with Gasteiger partial charge in [-0.25, -0.2) is 13.6 Å². The van der Waals surface area contributed by atoms with Crippen LogP contribution in [-0.4, -0.2) is 36.5 Å². The van der Waals surface area contributed by atoms with Gasteiger partial charge in [0.1, 0.15) is 22.9 Å². The Labute approximate surface area is 155 Å². The Bertz CT molecular complexity index is 786. The second-order valence-corrected chi connectivity index (χ2v) is 6.42. The van der Waals surface area contributed by atoms with Crippen LogP contribution in [0.1, 0.15) is 23.2 Å². The van der Waals surface area contributed by atoms with Crippen LogP contribution < -0.4 is 10.1 Å². The van der Waals surface area contributed by atoms with Crippen LogP contribution in [0.3, 0.4) is 0 Å². The van der Waals surface area contributed by atoms with Gasteiger partial charge in [-0.1, -0.05) is 24.3 Å². The first-order chi connectivity index (χ1) is 13.0. The van der Waals surface area contributed by atoms with Gasteiger partial charge < -0.3 is 15.0 Å². The molecule has 1 fully saturated rings. The van der Waals surface area contributed by atoms with Gasteiger partial charge in [0.2, 0.25) is 0 Å². The average molecular weight is 374 g/mol. The molecule has 2 aromatic carbocycles. The topological polar surface area (TPSA) is 58.6 Å². The van der Waals surface area contributed by atoms with Gasteiger partial charge in [-0.15, -0.1) is 0 Å². The molecule has 0 bridgehead atoms. The number of para-hydroxylation sites is 1. The maximum Gasteiger partial charge on any atom is 0.415 e. The molecule has 2 amide bonds. The Balaban J connectivity index is 1.46. The van der Waals surface area contributed by atoms with E-state index < -0.39 is 29.2 Å². The molecule has 142 valence electrons. The Morgan fingerprint density at radius 1 is 1.00 bits per heavy atom. The summed E-state index contributed by atoms with van der Waals surface area (Å²) < 4.78 is 32.6. The van der Waals surface area contributed by atoms with Gasteiger partial charge in [0.05, 0.1) is 0 Å². The number of rotatable bonds is 4. The standard InChI is InChI=1S/C20H20F2N2O3/c21-16-7-4-8-17(22)18(16)19(25)23-13-14-9-11-24(12-10-14)20(26)27-15-5-2-1-3-6-15/h1-8,14H,9-13H2,(H,23,25). The number of hydrogen-bond acceptors (Lipinski definition) is 3. The Hall–Kier alpha value is -2.96. The third-order valence-corrected chi connectivity index (χ3v) is 4.56. The molecule has 1 aliphatic heterocycles. The van der Waals surface area contributed by atoms with Crippen LogP contribution in [0.2, 0.25) is 0 Å². The van der Waals surface area contributed by atoms with E-state index in [9.17, 15) is 18.4 Å². The summed E-state index contributed by atoms with van der Waals surface area (Å²) in [5, 5.41) is 2.58. The van der Waals surface area contributed by atoms with Crippen LogP contribution in [-0.2, 0) is 0 Å². The summed E-state index contributed by atoms with van der Waals surface area (Å²) in [7, 11) is 0. The predicted molar refractivity (Wildman–Crippen MR) is 95.5 cm³/mol. The lowest BCUT2D eigenvalue weighted by Crippen LogP contribution is -2.42. The number of ether oxygens (including phenoxy) is 1. The Morgan fingerprint density at radius 2 is 1.63 bits per heavy atom. The summed E-state index contributed by atoms with van der Waals surface area (Å²) in [4.78, 5) is 25.8. The molecule has 3 rings (SSSR count). The maximum absolute atomic E-state index is 13.6. The Morgan fingerprint density at radius 3 is 2.26 bits per heavy atom. The molecule has 1 heterocycles. The van der Waals surface area contributed by atoms with Crippen molar-refractivity contribution in [1.82, 2.24) is 10.2 Å². The highest BCUT2D eigenvalue weighted by atomic mass is 19.1. The summed E-state index contributed by atoms with van der Waals surface area (Å²) in [6.45, 7) is 1.30. The molecular weight excluding hydrogens is 354 g/mol. The number of carbonyl (C=O) groups excluding carboxylic acids is 2. The van der Waals surface area contributed by atoms with Crippen LogP contribution in [0.15, 0.2) is 48.5 Å². The molecule has 27 heavy (non-hydrogen) atoms. The number of likely N-dealkylation sites (tertiary alicyclic amines) is 1. The van der Waals surface area contributed by atoms with Crippen LogP contribution in [0.4, 0.5) is 13.6 Å². The predicted octanol–water partition coefficient (Wildman–Crippen LogP) is 3.61. The fourth-order valence-corrected chi connectivity index (χ4v) is 3.01. The van der Waals surface area contributed by atoms with Gasteiger partial charge in [-0.3, -0.25) is 4.79 Å². The van der Waals surface area contributed by atoms with Gasteiger partial charge in [0, 0.05) is 19.6 Å². The van der Waals surface area contributed by atoms with Crippen LogP contribution >= 0.6 is 0 Å². The SMILES string of the molecule is O=C(NCC1CCN(C(=O)Oc2ccccc2)CC1)c1c(F)cccc1F. The first-order valence-corrected chi connectivity index (χ1v) is 8.78. The number of benzene rings is 2. The van der Waals surface area contributed by atoms with Crippen molar-refractivity contribution in [3.05, 3.63) is 65.7 Å². The molecule has 7 heteroatoms. The van der Waals surface area contributed by atoms with Crippen molar-refractivity contribution in [2.24, 2.45) is 5.92 Å². The summed E-state index contributed by atoms with van der Waals surface area (Å²) in [5.74, 6) is -1.91. The maximum atomic E-state index is 13.6. The molecule has 2 aromatic rings. The molecule has 0 unspecified atom stereocenters. The molecule has 0 saturated carbocycles. The highest BCUT2D eigenvalue weighted by Crippen LogP contribution is 2.19. The molecule has 1 saturated heterocycles. The van der Waals surface area contributed by atoms with Crippen molar-refractivity contribution in [1.29, 1.82) is 0 Å². The van der Waals surface area contributed by atoms with Crippen LogP contribution in [0.5, 0.6) is 5.75 Å². The minimum atomic E-state index is -0.883. The summed E-state index contributed by atoms with van der Waals surface area (Å²) in [5.41, 5.74) is -0.568. The average Bonchev–Trinajstić information content (AvgIpc) is 2.67. The van der Waals surface area contributed by atoms with Gasteiger partial charge in [-0.05, 0) is 43.0 Å². The lowest BCUT2D eigenvalue weighted by molar-refractivity contribution is 0.0923. The van der Waals surface area contributed by atoms with E-state index >= 15 is 0 Å². The highest BCUT2D eigenvalue weighted by Gasteiger charge is 2.25. The minimum absolute atomic E-state index is 0.129. The normalized spacial score (nSPS) is 14.7. The molecule has 1 aliphatic rings. The number of nitrogens with zero attached hydrogens (tertiary/aromatic N) is 1. The third kappa shape index (κ3) is 4.81. The van der Waals surface area contributed by atoms with Crippen molar-refractivity contribution in [2.45, 2.75) is 12.8 Å². The summed E-state index contributed by atoms with van der Waals surface area (Å²) >= 11 is 0. The largest absolute Gasteiger partial charge is 0.415 e. The van der Waals surface area contributed by atoms with Crippen LogP contribution in [0, 0.1) is 17.6 Å². The van der Waals surface area contributed by atoms with E-state index in [2.05, 4.69) is 5.32 Å². The van der Waals surface area contributed by atoms with E-state index in [1.54, 1.807) is 29.2 Å². The minimum Gasteiger partial charge on any atom is -0.410 e. The molecule has 0 atom stereocenters. The number of hydrogen-bond donors (Lipinski definition) is 1. The summed E-state index contributed by atoms with van der Waals surface area (Å²) in [6, 6.07) is 12.1. The number of piperidine rings is 1. The van der Waals surface area contributed by atoms with Crippen molar-refractivity contribution in [3.63, 3.8) is 0 Å². The van der Waals surface area contributed by atoms with Crippen molar-refractivity contribution in [3.8, 4) is 5.75 Å². The zero-order chi connectivity index (χ0) is 19.2. The molecule has 0 spiro atoms. The van der Waals surface area contributed by atoms with Gasteiger partial charge >= 0.3 is 6.09 Å². The zero-order valence-electron chi connectivity index (χ0n) is 14.7. The van der Waals surface area contributed by atoms with E-state index in [-0.39, 0.29) is 5.92 Å². The lowest BCUT2D eigenvalue weighted by Gasteiger charge is -2.31. The van der Waals surface area contributed by atoms with Gasteiger partial charge in [0.15, 0.2) is 0 Å². The quantitative estimate of drug-likeness (QED) is 0.890. The lowest BCUT2D eigenvalue weighted by atomic mass is 9.97. The number of amides is 2. The number of carbonyl (C=O) groups is 2. The second-order valence-electron chi connectivity index (χ2n) is 6.42. The van der Waals surface area contributed by atoms with E-state index in [1.807, 2.05) is 6.07 Å². The van der Waals surface area contributed by atoms with E-state index in [1.165, 1.54) is 6.07 Å². The van der Waals surface area contributed by atoms with Gasteiger partial charge in [0.25, 0.3) is 5.91 Å². The fourth-order valence-electron chi connectivity index (χ4n) is 3.01. The first kappa shape index (κ1) is 18.8. The van der Waals surface area contributed by atoms with E-state index in [0.29, 0.717) is 38.2 Å². The highest BCUT2D eigenvalue weighted by molar-refractivity contribution is 5.94. The molecular formula is C20H20F2N2O3.